The van der Waals surface area contributed by atoms with Crippen LogP contribution in [0.1, 0.15) is 51.9 Å². The number of carbonyl (C=O) groups is 1. The zero-order valence-electron chi connectivity index (χ0n) is 10.5. The minimum atomic E-state index is -0.652. The first-order valence-corrected chi connectivity index (χ1v) is 6.45. The molecule has 0 aromatic heterocycles. The van der Waals surface area contributed by atoms with Gasteiger partial charge in [0, 0.05) is 0 Å². The Labute approximate surface area is 99.6 Å². The highest BCUT2D eigenvalue weighted by molar-refractivity contribution is 5.69. The SMILES string of the molecule is [CH2]CCCCCNCCC(CCC)C(=O)O. The average Bonchev–Trinajstić information content (AvgIpc) is 2.26. The summed E-state index contributed by atoms with van der Waals surface area (Å²) in [6.07, 6.45) is 7.07. The van der Waals surface area contributed by atoms with Crippen LogP contribution in [0, 0.1) is 12.8 Å². The van der Waals surface area contributed by atoms with Crippen LogP contribution in [-0.4, -0.2) is 24.2 Å². The van der Waals surface area contributed by atoms with Crippen LogP contribution < -0.4 is 5.32 Å². The molecule has 0 aromatic carbocycles. The van der Waals surface area contributed by atoms with E-state index in [2.05, 4.69) is 12.2 Å². The highest BCUT2D eigenvalue weighted by Gasteiger charge is 2.14. The van der Waals surface area contributed by atoms with E-state index in [9.17, 15) is 4.79 Å². The molecule has 16 heavy (non-hydrogen) atoms. The fourth-order valence-corrected chi connectivity index (χ4v) is 1.74. The van der Waals surface area contributed by atoms with Gasteiger partial charge in [-0.3, -0.25) is 4.79 Å². The molecule has 0 saturated heterocycles. The van der Waals surface area contributed by atoms with Crippen LogP contribution in [0.4, 0.5) is 0 Å². The van der Waals surface area contributed by atoms with Gasteiger partial charge in [-0.05, 0) is 32.4 Å². The summed E-state index contributed by atoms with van der Waals surface area (Å²) in [6, 6.07) is 0. The Morgan fingerprint density at radius 1 is 1.25 bits per heavy atom. The molecule has 0 saturated carbocycles. The molecule has 0 aliphatic carbocycles. The van der Waals surface area contributed by atoms with Gasteiger partial charge in [0.25, 0.3) is 0 Å². The third-order valence-corrected chi connectivity index (χ3v) is 2.76. The van der Waals surface area contributed by atoms with Gasteiger partial charge in [0.1, 0.15) is 0 Å². The van der Waals surface area contributed by atoms with Crippen molar-refractivity contribution >= 4 is 5.97 Å². The van der Waals surface area contributed by atoms with Crippen LogP contribution in [-0.2, 0) is 4.79 Å². The molecule has 3 heteroatoms. The van der Waals surface area contributed by atoms with Crippen molar-refractivity contribution in [1.29, 1.82) is 0 Å². The summed E-state index contributed by atoms with van der Waals surface area (Å²) in [5.41, 5.74) is 0. The molecule has 2 N–H and O–H groups in total. The molecule has 0 heterocycles. The lowest BCUT2D eigenvalue weighted by molar-refractivity contribution is -0.142. The van der Waals surface area contributed by atoms with Crippen molar-refractivity contribution in [3.63, 3.8) is 0 Å². The van der Waals surface area contributed by atoms with E-state index < -0.39 is 5.97 Å². The minimum absolute atomic E-state index is 0.169. The molecule has 0 aliphatic heterocycles. The monoisotopic (exact) mass is 228 g/mol. The van der Waals surface area contributed by atoms with Gasteiger partial charge in [0.15, 0.2) is 0 Å². The Bertz CT molecular complexity index is 171. The van der Waals surface area contributed by atoms with Crippen molar-refractivity contribution in [1.82, 2.24) is 5.32 Å². The van der Waals surface area contributed by atoms with E-state index in [0.29, 0.717) is 0 Å². The number of rotatable bonds is 11. The molecule has 1 unspecified atom stereocenters. The van der Waals surface area contributed by atoms with Gasteiger partial charge in [0.2, 0.25) is 0 Å². The molecule has 1 atom stereocenters. The van der Waals surface area contributed by atoms with Crippen LogP contribution in [0.2, 0.25) is 0 Å². The van der Waals surface area contributed by atoms with Gasteiger partial charge < -0.3 is 10.4 Å². The number of unbranched alkanes of at least 4 members (excludes halogenated alkanes) is 3. The molecule has 0 amide bonds. The van der Waals surface area contributed by atoms with Gasteiger partial charge in [-0.15, -0.1) is 0 Å². The summed E-state index contributed by atoms with van der Waals surface area (Å²) < 4.78 is 0. The molecular weight excluding hydrogens is 202 g/mol. The average molecular weight is 228 g/mol. The zero-order chi connectivity index (χ0) is 12.2. The van der Waals surface area contributed by atoms with E-state index in [-0.39, 0.29) is 5.92 Å². The van der Waals surface area contributed by atoms with Gasteiger partial charge in [0.05, 0.1) is 5.92 Å². The highest BCUT2D eigenvalue weighted by atomic mass is 16.4. The maximum atomic E-state index is 10.9. The third kappa shape index (κ3) is 8.72. The van der Waals surface area contributed by atoms with Crippen LogP contribution in [0.15, 0.2) is 0 Å². The van der Waals surface area contributed by atoms with Crippen LogP contribution in [0.3, 0.4) is 0 Å². The van der Waals surface area contributed by atoms with E-state index in [1.807, 2.05) is 6.92 Å². The molecule has 0 spiro atoms. The lowest BCUT2D eigenvalue weighted by Crippen LogP contribution is -2.23. The predicted molar refractivity (Wildman–Crippen MR) is 67.3 cm³/mol. The number of aliphatic carboxylic acids is 1. The van der Waals surface area contributed by atoms with Crippen molar-refractivity contribution in [3.05, 3.63) is 6.92 Å². The molecule has 0 bridgehead atoms. The quantitative estimate of drug-likeness (QED) is 0.535. The van der Waals surface area contributed by atoms with E-state index in [1.165, 1.54) is 19.3 Å². The Balaban J connectivity index is 3.37. The normalized spacial score (nSPS) is 12.6. The minimum Gasteiger partial charge on any atom is -0.481 e. The van der Waals surface area contributed by atoms with E-state index in [1.54, 1.807) is 0 Å². The van der Waals surface area contributed by atoms with Gasteiger partial charge in [-0.2, -0.15) is 0 Å². The van der Waals surface area contributed by atoms with Crippen molar-refractivity contribution in [2.24, 2.45) is 5.92 Å². The number of nitrogens with one attached hydrogen (secondary N) is 1. The summed E-state index contributed by atoms with van der Waals surface area (Å²) in [7, 11) is 0. The molecular formula is C13H26NO2. The highest BCUT2D eigenvalue weighted by Crippen LogP contribution is 2.10. The summed E-state index contributed by atoms with van der Waals surface area (Å²) in [5, 5.41) is 12.2. The second kappa shape index (κ2) is 10.9. The Kier molecular flexibility index (Phi) is 10.5. The molecule has 0 fully saturated rings. The maximum absolute atomic E-state index is 10.9. The Morgan fingerprint density at radius 2 is 2.00 bits per heavy atom. The number of hydrogen-bond acceptors (Lipinski definition) is 2. The van der Waals surface area contributed by atoms with Crippen molar-refractivity contribution in [2.75, 3.05) is 13.1 Å². The standard InChI is InChI=1S/C13H26NO2/c1-3-5-6-7-10-14-11-9-12(8-4-2)13(15)16/h12,14H,1,3-11H2,2H3,(H,15,16). The maximum Gasteiger partial charge on any atom is 0.306 e. The van der Waals surface area contributed by atoms with Crippen LogP contribution >= 0.6 is 0 Å². The molecule has 0 aliphatic rings. The van der Waals surface area contributed by atoms with E-state index >= 15 is 0 Å². The lowest BCUT2D eigenvalue weighted by atomic mass is 10.0. The zero-order valence-corrected chi connectivity index (χ0v) is 10.5. The molecule has 3 nitrogen and oxygen atoms in total. The first-order valence-electron chi connectivity index (χ1n) is 6.45. The molecule has 95 valence electrons. The van der Waals surface area contributed by atoms with Crippen molar-refractivity contribution < 1.29 is 9.90 Å². The predicted octanol–water partition coefficient (Wildman–Crippen LogP) is 2.86. The van der Waals surface area contributed by atoms with E-state index in [0.717, 1.165) is 38.8 Å². The van der Waals surface area contributed by atoms with E-state index in [4.69, 9.17) is 5.11 Å². The Hall–Kier alpha value is -0.570. The Morgan fingerprint density at radius 3 is 2.56 bits per heavy atom. The molecule has 1 radical (unpaired) electrons. The van der Waals surface area contributed by atoms with Crippen molar-refractivity contribution in [3.8, 4) is 0 Å². The summed E-state index contributed by atoms with van der Waals surface area (Å²) in [6.45, 7) is 7.65. The van der Waals surface area contributed by atoms with Gasteiger partial charge in [-0.1, -0.05) is 39.5 Å². The van der Waals surface area contributed by atoms with Crippen LogP contribution in [0.5, 0.6) is 0 Å². The van der Waals surface area contributed by atoms with Crippen molar-refractivity contribution in [2.45, 2.75) is 51.9 Å². The third-order valence-electron chi connectivity index (χ3n) is 2.76. The summed E-state index contributed by atoms with van der Waals surface area (Å²) in [4.78, 5) is 10.9. The lowest BCUT2D eigenvalue weighted by Gasteiger charge is -2.11. The second-order valence-electron chi connectivity index (χ2n) is 4.28. The first-order chi connectivity index (χ1) is 7.72. The largest absolute Gasteiger partial charge is 0.481 e. The number of carboxylic acids is 1. The van der Waals surface area contributed by atoms with Crippen LogP contribution in [0.25, 0.3) is 0 Å². The fourth-order valence-electron chi connectivity index (χ4n) is 1.74. The number of hydrogen-bond donors (Lipinski definition) is 2. The first kappa shape index (κ1) is 15.4. The van der Waals surface area contributed by atoms with Gasteiger partial charge >= 0.3 is 5.97 Å². The molecule has 0 rings (SSSR count). The topological polar surface area (TPSA) is 49.3 Å². The smallest absolute Gasteiger partial charge is 0.306 e. The summed E-state index contributed by atoms with van der Waals surface area (Å²) >= 11 is 0. The fraction of sp³-hybridized carbons (Fsp3) is 0.846. The second-order valence-corrected chi connectivity index (χ2v) is 4.28. The van der Waals surface area contributed by atoms with Gasteiger partial charge in [-0.25, -0.2) is 0 Å². The number of carboxylic acid groups (broad SMARTS) is 1. The summed E-state index contributed by atoms with van der Waals surface area (Å²) in [5.74, 6) is -0.821. The molecule has 0 aromatic rings.